The zero-order chi connectivity index (χ0) is 18.5. The molecule has 1 aromatic heterocycles. The van der Waals surface area contributed by atoms with Crippen molar-refractivity contribution in [3.8, 4) is 0 Å². The van der Waals surface area contributed by atoms with Crippen molar-refractivity contribution in [3.63, 3.8) is 0 Å². The van der Waals surface area contributed by atoms with Gasteiger partial charge >= 0.3 is 0 Å². The molecule has 0 spiro atoms. The maximum absolute atomic E-state index is 13.5. The summed E-state index contributed by atoms with van der Waals surface area (Å²) in [5.74, 6) is 2.77. The largest absolute Gasteiger partial charge is 0.288 e. The lowest BCUT2D eigenvalue weighted by Gasteiger charge is -2.33. The monoisotopic (exact) mass is 383 g/mol. The predicted octanol–water partition coefficient (Wildman–Crippen LogP) is 3.19. The van der Waals surface area contributed by atoms with Gasteiger partial charge in [-0.15, -0.1) is 5.10 Å². The van der Waals surface area contributed by atoms with Crippen molar-refractivity contribution < 1.29 is 4.39 Å². The lowest BCUT2D eigenvalue weighted by Crippen LogP contribution is -2.38. The third-order valence-electron chi connectivity index (χ3n) is 4.86. The molecule has 3 aromatic rings. The van der Waals surface area contributed by atoms with Crippen LogP contribution in [-0.4, -0.2) is 49.7 Å². The molecule has 1 fully saturated rings. The summed E-state index contributed by atoms with van der Waals surface area (Å²) in [6, 6.07) is 17.0. The van der Waals surface area contributed by atoms with E-state index in [9.17, 15) is 4.39 Å². The summed E-state index contributed by atoms with van der Waals surface area (Å²) in [6.07, 6.45) is 0.866. The Hall–Kier alpha value is -2.25. The summed E-state index contributed by atoms with van der Waals surface area (Å²) in [5.41, 5.74) is 2.28. The highest BCUT2D eigenvalue weighted by Crippen LogP contribution is 2.29. The van der Waals surface area contributed by atoms with Crippen molar-refractivity contribution >= 4 is 11.8 Å². The molecule has 1 saturated heterocycles. The summed E-state index contributed by atoms with van der Waals surface area (Å²) >= 11 is 1.96. The van der Waals surface area contributed by atoms with Crippen LogP contribution in [0.2, 0.25) is 0 Å². The van der Waals surface area contributed by atoms with Crippen LogP contribution in [0, 0.1) is 5.82 Å². The van der Waals surface area contributed by atoms with Gasteiger partial charge in [-0.3, -0.25) is 4.90 Å². The Bertz CT molecular complexity index is 846. The summed E-state index contributed by atoms with van der Waals surface area (Å²) in [5, 5.41) is 12.6. The Morgan fingerprint density at radius 3 is 2.48 bits per heavy atom. The van der Waals surface area contributed by atoms with Crippen LogP contribution in [0.5, 0.6) is 0 Å². The number of hydrogen-bond donors (Lipinski definition) is 0. The van der Waals surface area contributed by atoms with Gasteiger partial charge in [-0.2, -0.15) is 11.8 Å². The molecule has 27 heavy (non-hydrogen) atoms. The Morgan fingerprint density at radius 1 is 1.00 bits per heavy atom. The quantitative estimate of drug-likeness (QED) is 0.654. The van der Waals surface area contributed by atoms with Crippen LogP contribution in [0.15, 0.2) is 54.6 Å². The molecular formula is C20H22FN5S. The Labute approximate surface area is 162 Å². The second-order valence-electron chi connectivity index (χ2n) is 6.60. The first kappa shape index (κ1) is 18.1. The van der Waals surface area contributed by atoms with Gasteiger partial charge in [-0.25, -0.2) is 9.07 Å². The minimum absolute atomic E-state index is 0.0581. The fourth-order valence-electron chi connectivity index (χ4n) is 3.45. The molecule has 2 aromatic carbocycles. The molecule has 1 aliphatic rings. The molecule has 0 radical (unpaired) electrons. The van der Waals surface area contributed by atoms with Gasteiger partial charge in [0, 0.05) is 31.1 Å². The van der Waals surface area contributed by atoms with Gasteiger partial charge in [0.1, 0.15) is 5.82 Å². The maximum Gasteiger partial charge on any atom is 0.173 e. The van der Waals surface area contributed by atoms with E-state index in [-0.39, 0.29) is 11.9 Å². The van der Waals surface area contributed by atoms with E-state index in [1.54, 1.807) is 0 Å². The minimum Gasteiger partial charge on any atom is -0.288 e. The first-order valence-corrected chi connectivity index (χ1v) is 10.3. The summed E-state index contributed by atoms with van der Waals surface area (Å²) in [7, 11) is 0. The number of tetrazole rings is 1. The second-order valence-corrected chi connectivity index (χ2v) is 7.82. The van der Waals surface area contributed by atoms with E-state index in [1.807, 2.05) is 46.8 Å². The first-order valence-electron chi connectivity index (χ1n) is 9.18. The van der Waals surface area contributed by atoms with Crippen LogP contribution in [0.25, 0.3) is 0 Å². The van der Waals surface area contributed by atoms with E-state index in [2.05, 4.69) is 32.6 Å². The highest BCUT2D eigenvalue weighted by Gasteiger charge is 2.29. The topological polar surface area (TPSA) is 46.8 Å². The minimum atomic E-state index is -0.227. The number of aryl methyl sites for hydroxylation is 2. The van der Waals surface area contributed by atoms with Crippen LogP contribution in [0.1, 0.15) is 23.0 Å². The maximum atomic E-state index is 13.5. The van der Waals surface area contributed by atoms with Crippen LogP contribution >= 0.6 is 11.8 Å². The second kappa shape index (κ2) is 8.63. The van der Waals surface area contributed by atoms with Gasteiger partial charge in [-0.05, 0) is 40.1 Å². The van der Waals surface area contributed by atoms with E-state index in [0.29, 0.717) is 6.54 Å². The molecule has 1 atom stereocenters. The molecule has 0 saturated carbocycles. The molecule has 0 N–H and O–H groups in total. The molecule has 7 heteroatoms. The van der Waals surface area contributed by atoms with Gasteiger partial charge < -0.3 is 0 Å². The zero-order valence-electron chi connectivity index (χ0n) is 15.0. The zero-order valence-corrected chi connectivity index (χ0v) is 15.9. The molecule has 4 rings (SSSR count). The predicted molar refractivity (Wildman–Crippen MR) is 105 cm³/mol. The first-order chi connectivity index (χ1) is 13.3. The van der Waals surface area contributed by atoms with E-state index < -0.39 is 0 Å². The van der Waals surface area contributed by atoms with E-state index in [1.165, 1.54) is 17.7 Å². The fraction of sp³-hybridized carbons (Fsp3) is 0.350. The highest BCUT2D eigenvalue weighted by molar-refractivity contribution is 7.99. The smallest absolute Gasteiger partial charge is 0.173 e. The Kier molecular flexibility index (Phi) is 5.79. The summed E-state index contributed by atoms with van der Waals surface area (Å²) < 4.78 is 15.4. The summed E-state index contributed by atoms with van der Waals surface area (Å²) in [4.78, 5) is 2.40. The molecule has 140 valence electrons. The average Bonchev–Trinajstić information content (AvgIpc) is 3.18. The fourth-order valence-corrected chi connectivity index (χ4v) is 4.38. The third-order valence-corrected chi connectivity index (χ3v) is 5.80. The van der Waals surface area contributed by atoms with Crippen molar-refractivity contribution in [1.29, 1.82) is 0 Å². The Morgan fingerprint density at radius 2 is 1.74 bits per heavy atom. The van der Waals surface area contributed by atoms with Crippen molar-refractivity contribution in [3.05, 3.63) is 77.4 Å². The average molecular weight is 383 g/mol. The molecule has 1 aliphatic heterocycles. The molecule has 2 heterocycles. The summed E-state index contributed by atoms with van der Waals surface area (Å²) in [6.45, 7) is 2.66. The lowest BCUT2D eigenvalue weighted by atomic mass is 10.0. The number of hydrogen-bond acceptors (Lipinski definition) is 5. The number of halogens is 1. The van der Waals surface area contributed by atoms with Crippen molar-refractivity contribution in [2.45, 2.75) is 19.0 Å². The van der Waals surface area contributed by atoms with Crippen LogP contribution in [-0.2, 0) is 13.0 Å². The number of benzene rings is 2. The van der Waals surface area contributed by atoms with Gasteiger partial charge in [0.2, 0.25) is 0 Å². The van der Waals surface area contributed by atoms with Gasteiger partial charge in [-0.1, -0.05) is 42.5 Å². The molecule has 0 amide bonds. The van der Waals surface area contributed by atoms with Gasteiger partial charge in [0.15, 0.2) is 5.82 Å². The Balaban J connectivity index is 1.62. The standard InChI is InChI=1S/C20H22FN5S/c21-18-8-6-17(7-9-18)19(25-12-14-27-15-13-25)20-22-23-24-26(20)11-10-16-4-2-1-3-5-16/h1-9,19H,10-15H2/t19-/m1/s1. The number of rotatable bonds is 6. The highest BCUT2D eigenvalue weighted by atomic mass is 32.2. The molecular weight excluding hydrogens is 361 g/mol. The number of nitrogens with zero attached hydrogens (tertiary/aromatic N) is 5. The molecule has 5 nitrogen and oxygen atoms in total. The number of thioether (sulfide) groups is 1. The van der Waals surface area contributed by atoms with E-state index >= 15 is 0 Å². The van der Waals surface area contributed by atoms with Gasteiger partial charge in [0.05, 0.1) is 6.04 Å². The van der Waals surface area contributed by atoms with Crippen molar-refractivity contribution in [2.24, 2.45) is 0 Å². The van der Waals surface area contributed by atoms with Crippen molar-refractivity contribution in [1.82, 2.24) is 25.1 Å². The third kappa shape index (κ3) is 4.36. The van der Waals surface area contributed by atoms with E-state index in [0.717, 1.165) is 42.4 Å². The van der Waals surface area contributed by atoms with Crippen LogP contribution in [0.4, 0.5) is 4.39 Å². The lowest BCUT2D eigenvalue weighted by molar-refractivity contribution is 0.234. The van der Waals surface area contributed by atoms with Gasteiger partial charge in [0.25, 0.3) is 0 Å². The van der Waals surface area contributed by atoms with Crippen LogP contribution < -0.4 is 0 Å². The normalized spacial score (nSPS) is 16.3. The molecule has 0 unspecified atom stereocenters. The molecule has 0 bridgehead atoms. The van der Waals surface area contributed by atoms with E-state index in [4.69, 9.17) is 0 Å². The van der Waals surface area contributed by atoms with Crippen LogP contribution in [0.3, 0.4) is 0 Å². The van der Waals surface area contributed by atoms with Crippen molar-refractivity contribution in [2.75, 3.05) is 24.6 Å². The molecule has 0 aliphatic carbocycles. The number of aromatic nitrogens is 4. The SMILES string of the molecule is Fc1ccc([C@H](c2nnnn2CCc2ccccc2)N2CCSCC2)cc1.